The Morgan fingerprint density at radius 1 is 0.585 bits per heavy atom. The van der Waals surface area contributed by atoms with E-state index in [9.17, 15) is 0 Å². The summed E-state index contributed by atoms with van der Waals surface area (Å²) in [4.78, 5) is 4.99. The molecule has 3 aliphatic heterocycles. The lowest BCUT2D eigenvalue weighted by molar-refractivity contribution is -0.307. The molecule has 3 atom stereocenters. The van der Waals surface area contributed by atoms with Gasteiger partial charge in [0.1, 0.15) is 23.0 Å². The first kappa shape index (κ1) is 24.8. The lowest BCUT2D eigenvalue weighted by atomic mass is 9.89. The fourth-order valence-electron chi connectivity index (χ4n) is 7.54. The van der Waals surface area contributed by atoms with Crippen molar-refractivity contribution in [2.45, 2.75) is 56.9 Å². The molecule has 1 spiro atoms. The maximum Gasteiger partial charge on any atom is 0.388 e. The summed E-state index contributed by atoms with van der Waals surface area (Å²) >= 11 is 0. The molecule has 4 aromatic rings. The Kier molecular flexibility index (Phi) is 5.76. The van der Waals surface area contributed by atoms with E-state index in [1.54, 1.807) is 14.2 Å². The quantitative estimate of drug-likeness (QED) is 0.273. The molecule has 1 saturated carbocycles. The smallest absolute Gasteiger partial charge is 0.388 e. The van der Waals surface area contributed by atoms with Gasteiger partial charge in [-0.3, -0.25) is 0 Å². The van der Waals surface area contributed by atoms with Crippen LogP contribution in [0.3, 0.4) is 0 Å². The minimum atomic E-state index is -1.03. The summed E-state index contributed by atoms with van der Waals surface area (Å²) < 4.78 is 26.1. The van der Waals surface area contributed by atoms with Crippen LogP contribution in [0.2, 0.25) is 0 Å². The molecule has 1 saturated heterocycles. The maximum atomic E-state index is 7.27. The fraction of sp³-hybridized carbons (Fsp3) is 0.314. The number of nitrogens with zero attached hydrogens (tertiary/aromatic N) is 2. The van der Waals surface area contributed by atoms with Gasteiger partial charge in [0, 0.05) is 58.6 Å². The van der Waals surface area contributed by atoms with Crippen molar-refractivity contribution in [1.82, 2.24) is 9.80 Å². The number of rotatable bonds is 4. The molecule has 2 fully saturated rings. The van der Waals surface area contributed by atoms with Gasteiger partial charge in [-0.2, -0.15) is 0 Å². The van der Waals surface area contributed by atoms with E-state index in [1.165, 1.54) is 24.0 Å². The molecule has 6 nitrogen and oxygen atoms in total. The van der Waals surface area contributed by atoms with Crippen molar-refractivity contribution in [2.75, 3.05) is 14.2 Å². The fourth-order valence-corrected chi connectivity index (χ4v) is 7.54. The summed E-state index contributed by atoms with van der Waals surface area (Å²) in [7, 11) is 3.44. The lowest BCUT2D eigenvalue weighted by Crippen LogP contribution is -2.66. The molecule has 0 N–H and O–H groups in total. The molecular weight excluding hydrogens is 512 g/mol. The Labute approximate surface area is 241 Å². The standard InChI is InChI=1S/C35H34N2O4/c1-38-31-19-7-3-13-25(31)27-15-9-11-23-21-36-29-17-5-6-18-30(29)37-22-24-12-10-16-28(26-14-4-8-20-32(26)39-2)34(24)41-35(36,37)40-33(23)27/h3-4,7-16,19-20,29-30H,5-6,17-18,21-22H2,1-2H3/t29-,30?,35?/m1/s1. The van der Waals surface area contributed by atoms with Gasteiger partial charge < -0.3 is 18.9 Å². The van der Waals surface area contributed by atoms with Crippen molar-refractivity contribution in [3.05, 3.63) is 96.1 Å². The monoisotopic (exact) mass is 546 g/mol. The maximum absolute atomic E-state index is 7.27. The zero-order chi connectivity index (χ0) is 27.6. The van der Waals surface area contributed by atoms with Crippen LogP contribution in [0.25, 0.3) is 22.3 Å². The first-order valence-electron chi connectivity index (χ1n) is 14.6. The highest BCUT2D eigenvalue weighted by atomic mass is 16.8. The number of hydrogen-bond acceptors (Lipinski definition) is 6. The van der Waals surface area contributed by atoms with Crippen molar-refractivity contribution in [3.63, 3.8) is 0 Å². The molecule has 41 heavy (non-hydrogen) atoms. The SMILES string of the molecule is COc1ccccc1-c1cccc2c1OC13Oc4c(cccc4-c4ccccc4OC)CN1[C@@H]1CCCCC1N3C2. The second-order valence-corrected chi connectivity index (χ2v) is 11.4. The third-order valence-electron chi connectivity index (χ3n) is 9.36. The first-order chi connectivity index (χ1) is 20.2. The van der Waals surface area contributed by atoms with Crippen LogP contribution in [-0.2, 0) is 13.1 Å². The number of para-hydroxylation sites is 4. The second kappa shape index (κ2) is 9.54. The number of hydrogen-bond donors (Lipinski definition) is 0. The predicted molar refractivity (Wildman–Crippen MR) is 158 cm³/mol. The van der Waals surface area contributed by atoms with Crippen molar-refractivity contribution in [1.29, 1.82) is 0 Å². The van der Waals surface area contributed by atoms with E-state index in [0.717, 1.165) is 71.2 Å². The summed E-state index contributed by atoms with van der Waals surface area (Å²) in [5, 5.41) is 0. The van der Waals surface area contributed by atoms with E-state index in [4.69, 9.17) is 18.9 Å². The van der Waals surface area contributed by atoms with Crippen molar-refractivity contribution >= 4 is 0 Å². The van der Waals surface area contributed by atoms with Gasteiger partial charge >= 0.3 is 6.03 Å². The zero-order valence-electron chi connectivity index (χ0n) is 23.5. The molecule has 0 amide bonds. The molecule has 1 aliphatic carbocycles. The average Bonchev–Trinajstić information content (AvgIpc) is 3.30. The van der Waals surface area contributed by atoms with E-state index in [-0.39, 0.29) is 0 Å². The Bertz CT molecular complexity index is 1510. The van der Waals surface area contributed by atoms with E-state index in [0.29, 0.717) is 12.1 Å². The predicted octanol–water partition coefficient (Wildman–Crippen LogP) is 7.06. The Balaban J connectivity index is 1.31. The molecule has 8 rings (SSSR count). The third-order valence-corrected chi connectivity index (χ3v) is 9.36. The van der Waals surface area contributed by atoms with Crippen LogP contribution in [0.4, 0.5) is 0 Å². The highest BCUT2D eigenvalue weighted by Gasteiger charge is 2.65. The number of methoxy groups -OCH3 is 2. The third kappa shape index (κ3) is 3.63. The molecule has 6 heteroatoms. The molecular formula is C35H34N2O4. The highest BCUT2D eigenvalue weighted by Crippen LogP contribution is 2.55. The van der Waals surface area contributed by atoms with Gasteiger partial charge in [-0.25, -0.2) is 9.80 Å². The highest BCUT2D eigenvalue weighted by molar-refractivity contribution is 5.79. The lowest BCUT2D eigenvalue weighted by Gasteiger charge is -2.49. The van der Waals surface area contributed by atoms with E-state index < -0.39 is 6.03 Å². The molecule has 0 aromatic heterocycles. The van der Waals surface area contributed by atoms with Crippen LogP contribution in [0.5, 0.6) is 23.0 Å². The Morgan fingerprint density at radius 2 is 1.02 bits per heavy atom. The van der Waals surface area contributed by atoms with Gasteiger partial charge in [-0.05, 0) is 25.0 Å². The van der Waals surface area contributed by atoms with Crippen molar-refractivity contribution < 1.29 is 18.9 Å². The average molecular weight is 547 g/mol. The zero-order valence-corrected chi connectivity index (χ0v) is 23.5. The first-order valence-corrected chi connectivity index (χ1v) is 14.6. The van der Waals surface area contributed by atoms with Gasteiger partial charge in [0.25, 0.3) is 0 Å². The van der Waals surface area contributed by atoms with Crippen molar-refractivity contribution in [3.8, 4) is 45.3 Å². The number of ether oxygens (including phenoxy) is 4. The van der Waals surface area contributed by atoms with E-state index in [1.807, 2.05) is 36.4 Å². The number of fused-ring (bicyclic) bond motifs is 5. The van der Waals surface area contributed by atoms with Gasteiger partial charge in [-0.1, -0.05) is 85.6 Å². The molecule has 208 valence electrons. The van der Waals surface area contributed by atoms with E-state index >= 15 is 0 Å². The van der Waals surface area contributed by atoms with Crippen LogP contribution in [0.15, 0.2) is 84.9 Å². The minimum Gasteiger partial charge on any atom is -0.496 e. The summed E-state index contributed by atoms with van der Waals surface area (Å²) in [5.41, 5.74) is 6.44. The van der Waals surface area contributed by atoms with E-state index in [2.05, 4.69) is 58.3 Å². The van der Waals surface area contributed by atoms with Gasteiger partial charge in [0.15, 0.2) is 0 Å². The molecule has 4 aliphatic rings. The summed E-state index contributed by atoms with van der Waals surface area (Å²) in [5.74, 6) is 3.40. The summed E-state index contributed by atoms with van der Waals surface area (Å²) in [6.07, 6.45) is 4.75. The summed E-state index contributed by atoms with van der Waals surface area (Å²) in [6, 6.07) is 28.9. The Morgan fingerprint density at radius 3 is 1.49 bits per heavy atom. The van der Waals surface area contributed by atoms with Crippen LogP contribution in [0, 0.1) is 0 Å². The van der Waals surface area contributed by atoms with Crippen LogP contribution in [0.1, 0.15) is 36.8 Å². The number of benzene rings is 4. The molecule has 3 heterocycles. The molecule has 2 unspecified atom stereocenters. The normalized spacial score (nSPS) is 24.5. The van der Waals surface area contributed by atoms with Gasteiger partial charge in [-0.15, -0.1) is 0 Å². The minimum absolute atomic E-state index is 0.371. The van der Waals surface area contributed by atoms with Crippen LogP contribution < -0.4 is 18.9 Å². The topological polar surface area (TPSA) is 43.4 Å². The second-order valence-electron chi connectivity index (χ2n) is 11.4. The van der Waals surface area contributed by atoms with Crippen LogP contribution in [-0.4, -0.2) is 42.1 Å². The van der Waals surface area contributed by atoms with Gasteiger partial charge in [0.2, 0.25) is 0 Å². The Hall–Kier alpha value is -4.00. The van der Waals surface area contributed by atoms with Crippen molar-refractivity contribution in [2.24, 2.45) is 0 Å². The largest absolute Gasteiger partial charge is 0.496 e. The molecule has 0 bridgehead atoms. The van der Waals surface area contributed by atoms with Gasteiger partial charge in [0.05, 0.1) is 14.2 Å². The van der Waals surface area contributed by atoms with Crippen LogP contribution >= 0.6 is 0 Å². The molecule has 4 aromatic carbocycles. The molecule has 0 radical (unpaired) electrons. The summed E-state index contributed by atoms with van der Waals surface area (Å²) in [6.45, 7) is 1.53.